The van der Waals surface area contributed by atoms with Gasteiger partial charge in [0.2, 0.25) is 0 Å². The summed E-state index contributed by atoms with van der Waals surface area (Å²) in [7, 11) is 0. The maximum Gasteiger partial charge on any atom is 0.319 e. The summed E-state index contributed by atoms with van der Waals surface area (Å²) in [5, 5.41) is 15.0. The summed E-state index contributed by atoms with van der Waals surface area (Å²) in [6.45, 7) is 1.78. The molecule has 2 amide bonds. The van der Waals surface area contributed by atoms with Crippen LogP contribution in [0.25, 0.3) is 0 Å². The van der Waals surface area contributed by atoms with Crippen LogP contribution >= 0.6 is 27.5 Å². The number of halogens is 2. The van der Waals surface area contributed by atoms with E-state index in [0.29, 0.717) is 15.2 Å². The molecule has 0 aromatic heterocycles. The fraction of sp³-hybridized carbons (Fsp3) is 0.385. The van der Waals surface area contributed by atoms with E-state index in [4.69, 9.17) is 16.3 Å². The minimum Gasteiger partial charge on any atom is -0.481 e. The monoisotopic (exact) mass is 376 g/mol. The molecule has 21 heavy (non-hydrogen) atoms. The van der Waals surface area contributed by atoms with Gasteiger partial charge in [-0.15, -0.1) is 0 Å². The molecule has 0 bridgehead atoms. The number of hydrogen-bond acceptors (Lipinski definition) is 3. The number of carbonyl (C=O) groups is 2. The van der Waals surface area contributed by atoms with E-state index in [9.17, 15) is 14.7 Å². The third-order valence-electron chi connectivity index (χ3n) is 3.43. The lowest BCUT2D eigenvalue weighted by molar-refractivity contribution is -0.148. The van der Waals surface area contributed by atoms with Crippen LogP contribution in [0.15, 0.2) is 22.7 Å². The van der Waals surface area contributed by atoms with E-state index in [1.807, 2.05) is 0 Å². The molecule has 114 valence electrons. The Labute approximate surface area is 134 Å². The van der Waals surface area contributed by atoms with Crippen molar-refractivity contribution >= 4 is 45.2 Å². The molecule has 0 aliphatic carbocycles. The van der Waals surface area contributed by atoms with Gasteiger partial charge in [0.15, 0.2) is 0 Å². The molecule has 1 aromatic rings. The Kier molecular flexibility index (Phi) is 4.75. The molecular weight excluding hydrogens is 364 g/mol. The number of ether oxygens (including phenoxy) is 1. The van der Waals surface area contributed by atoms with E-state index >= 15 is 0 Å². The Morgan fingerprint density at radius 1 is 1.52 bits per heavy atom. The normalized spacial score (nSPS) is 24.6. The first kappa shape index (κ1) is 16.1. The Bertz CT molecular complexity index is 583. The zero-order valence-corrected chi connectivity index (χ0v) is 13.5. The number of urea groups is 1. The van der Waals surface area contributed by atoms with Gasteiger partial charge in [0.1, 0.15) is 5.41 Å². The van der Waals surface area contributed by atoms with Gasteiger partial charge in [-0.2, -0.15) is 0 Å². The van der Waals surface area contributed by atoms with E-state index in [2.05, 4.69) is 26.6 Å². The number of hydrogen-bond donors (Lipinski definition) is 3. The van der Waals surface area contributed by atoms with Crippen molar-refractivity contribution in [3.8, 4) is 0 Å². The first-order valence-corrected chi connectivity index (χ1v) is 7.34. The molecule has 0 radical (unpaired) electrons. The first-order chi connectivity index (χ1) is 9.83. The van der Waals surface area contributed by atoms with Crippen molar-refractivity contribution < 1.29 is 19.4 Å². The summed E-state index contributed by atoms with van der Waals surface area (Å²) < 4.78 is 5.83. The number of aliphatic carboxylic acids is 1. The van der Waals surface area contributed by atoms with Gasteiger partial charge in [-0.3, -0.25) is 4.79 Å². The van der Waals surface area contributed by atoms with Crippen molar-refractivity contribution in [3.63, 3.8) is 0 Å². The molecule has 2 unspecified atom stereocenters. The van der Waals surface area contributed by atoms with Gasteiger partial charge >= 0.3 is 12.0 Å². The average Bonchev–Trinajstić information content (AvgIpc) is 2.77. The van der Waals surface area contributed by atoms with Gasteiger partial charge in [-0.1, -0.05) is 11.6 Å². The predicted molar refractivity (Wildman–Crippen MR) is 81.7 cm³/mol. The molecule has 1 aromatic carbocycles. The molecule has 1 saturated heterocycles. The number of amides is 2. The van der Waals surface area contributed by atoms with Crippen molar-refractivity contribution in [3.05, 3.63) is 27.7 Å². The Morgan fingerprint density at radius 2 is 2.24 bits per heavy atom. The van der Waals surface area contributed by atoms with Crippen LogP contribution in [0.3, 0.4) is 0 Å². The van der Waals surface area contributed by atoms with Crippen LogP contribution in [-0.4, -0.2) is 36.4 Å². The van der Waals surface area contributed by atoms with Crippen LogP contribution in [0, 0.1) is 5.41 Å². The molecule has 1 aliphatic heterocycles. The zero-order chi connectivity index (χ0) is 15.6. The van der Waals surface area contributed by atoms with Gasteiger partial charge < -0.3 is 20.5 Å². The van der Waals surface area contributed by atoms with Gasteiger partial charge in [-0.25, -0.2) is 4.79 Å². The number of benzene rings is 1. The summed E-state index contributed by atoms with van der Waals surface area (Å²) in [4.78, 5) is 23.2. The number of rotatable bonds is 3. The van der Waals surface area contributed by atoms with Crippen molar-refractivity contribution in [2.24, 2.45) is 5.41 Å². The Morgan fingerprint density at radius 3 is 2.86 bits per heavy atom. The van der Waals surface area contributed by atoms with Gasteiger partial charge in [0.25, 0.3) is 0 Å². The summed E-state index contributed by atoms with van der Waals surface area (Å²) in [5.41, 5.74) is -0.586. The summed E-state index contributed by atoms with van der Waals surface area (Å²) in [6.07, 6.45) is 0. The highest BCUT2D eigenvalue weighted by Gasteiger charge is 2.47. The minimum absolute atomic E-state index is 0.0692. The molecule has 3 N–H and O–H groups in total. The molecule has 8 heteroatoms. The SMILES string of the molecule is CC1(C(=O)O)COCC1NC(=O)Nc1ccc(Cl)c(Br)c1. The van der Waals surface area contributed by atoms with E-state index in [1.54, 1.807) is 25.1 Å². The van der Waals surface area contributed by atoms with Crippen LogP contribution in [0.4, 0.5) is 10.5 Å². The third-order valence-corrected chi connectivity index (χ3v) is 4.64. The lowest BCUT2D eigenvalue weighted by atomic mass is 9.85. The van der Waals surface area contributed by atoms with Crippen molar-refractivity contribution in [1.82, 2.24) is 5.32 Å². The van der Waals surface area contributed by atoms with Crippen molar-refractivity contribution in [1.29, 1.82) is 0 Å². The second kappa shape index (κ2) is 6.21. The maximum absolute atomic E-state index is 12.0. The van der Waals surface area contributed by atoms with Crippen LogP contribution in [0.2, 0.25) is 5.02 Å². The third kappa shape index (κ3) is 3.48. The smallest absolute Gasteiger partial charge is 0.319 e. The zero-order valence-electron chi connectivity index (χ0n) is 11.2. The van der Waals surface area contributed by atoms with Crippen LogP contribution in [-0.2, 0) is 9.53 Å². The largest absolute Gasteiger partial charge is 0.481 e. The standard InChI is InChI=1S/C13H14BrClN2O4/c1-13(11(18)19)6-21-5-10(13)17-12(20)16-7-2-3-9(15)8(14)4-7/h2-4,10H,5-6H2,1H3,(H,18,19)(H2,16,17,20). The Balaban J connectivity index is 2.01. The molecule has 1 aliphatic rings. The molecule has 2 atom stereocenters. The Hall–Kier alpha value is -1.31. The molecule has 6 nitrogen and oxygen atoms in total. The number of carbonyl (C=O) groups excluding carboxylic acids is 1. The first-order valence-electron chi connectivity index (χ1n) is 6.16. The maximum atomic E-state index is 12.0. The summed E-state index contributed by atoms with van der Waals surface area (Å²) in [6, 6.07) is 3.86. The van der Waals surface area contributed by atoms with Crippen molar-refractivity contribution in [2.75, 3.05) is 18.5 Å². The average molecular weight is 378 g/mol. The quantitative estimate of drug-likeness (QED) is 0.756. The molecule has 0 spiro atoms. The number of anilines is 1. The predicted octanol–water partition coefficient (Wildman–Crippen LogP) is 2.71. The number of carboxylic acids is 1. The molecule has 1 fully saturated rings. The summed E-state index contributed by atoms with van der Waals surface area (Å²) >= 11 is 9.13. The second-order valence-electron chi connectivity index (χ2n) is 5.02. The lowest BCUT2D eigenvalue weighted by Gasteiger charge is -2.25. The van der Waals surface area contributed by atoms with E-state index in [-0.39, 0.29) is 13.2 Å². The number of nitrogens with one attached hydrogen (secondary N) is 2. The molecule has 2 rings (SSSR count). The fourth-order valence-corrected chi connectivity index (χ4v) is 2.48. The summed E-state index contributed by atoms with van der Waals surface area (Å²) in [5.74, 6) is -1.00. The number of carboxylic acid groups (broad SMARTS) is 1. The molecular formula is C13H14BrClN2O4. The highest BCUT2D eigenvalue weighted by Crippen LogP contribution is 2.29. The van der Waals surface area contributed by atoms with Crippen molar-refractivity contribution in [2.45, 2.75) is 13.0 Å². The minimum atomic E-state index is -1.13. The second-order valence-corrected chi connectivity index (χ2v) is 6.28. The van der Waals surface area contributed by atoms with E-state index < -0.39 is 23.5 Å². The van der Waals surface area contributed by atoms with Crippen LogP contribution < -0.4 is 10.6 Å². The van der Waals surface area contributed by atoms with Gasteiger partial charge in [-0.05, 0) is 41.1 Å². The highest BCUT2D eigenvalue weighted by atomic mass is 79.9. The topological polar surface area (TPSA) is 87.7 Å². The van der Waals surface area contributed by atoms with Crippen LogP contribution in [0.5, 0.6) is 0 Å². The van der Waals surface area contributed by atoms with Gasteiger partial charge in [0, 0.05) is 10.2 Å². The fourth-order valence-electron chi connectivity index (χ4n) is 1.98. The van der Waals surface area contributed by atoms with Crippen LogP contribution in [0.1, 0.15) is 6.92 Å². The van der Waals surface area contributed by atoms with E-state index in [0.717, 1.165) is 0 Å². The molecule has 1 heterocycles. The van der Waals surface area contributed by atoms with Gasteiger partial charge in [0.05, 0.1) is 24.3 Å². The van der Waals surface area contributed by atoms with E-state index in [1.165, 1.54) is 0 Å². The highest BCUT2D eigenvalue weighted by molar-refractivity contribution is 9.10. The molecule has 0 saturated carbocycles. The lowest BCUT2D eigenvalue weighted by Crippen LogP contribution is -2.50.